The number of carbonyl (C=O) groups excluding carboxylic acids is 2. The average Bonchev–Trinajstić information content (AvgIpc) is 2.52. The van der Waals surface area contributed by atoms with Crippen LogP contribution in [0.1, 0.15) is 31.2 Å². The number of methoxy groups -OCH3 is 1. The molecule has 0 fully saturated rings. The first-order chi connectivity index (χ1) is 10.1. The van der Waals surface area contributed by atoms with Gasteiger partial charge in [-0.05, 0) is 31.2 Å². The number of nitrogens with two attached hydrogens (primary N) is 1. The quantitative estimate of drug-likeness (QED) is 0.532. The van der Waals surface area contributed by atoms with E-state index in [0.29, 0.717) is 19.4 Å². The number of hydrogen-bond donors (Lipinski definition) is 2. The standard InChI is InChI=1S/C16H24N2O3/c1-21-16(20)14(17)9-5-6-12-18-15(19)11-10-13-7-3-2-4-8-13/h2-4,7-8,14H,5-6,9-12,17H2,1H3,(H,18,19)/t14-/m0/s1. The molecule has 1 amide bonds. The van der Waals surface area contributed by atoms with Crippen LogP contribution in [-0.4, -0.2) is 31.6 Å². The molecule has 0 saturated heterocycles. The van der Waals surface area contributed by atoms with E-state index >= 15 is 0 Å². The van der Waals surface area contributed by atoms with Crippen molar-refractivity contribution in [1.29, 1.82) is 0 Å². The summed E-state index contributed by atoms with van der Waals surface area (Å²) in [5.41, 5.74) is 6.78. The Balaban J connectivity index is 2.05. The number of carbonyl (C=O) groups is 2. The number of unbranched alkanes of at least 4 members (excludes halogenated alkanes) is 1. The van der Waals surface area contributed by atoms with Crippen molar-refractivity contribution in [3.8, 4) is 0 Å². The summed E-state index contributed by atoms with van der Waals surface area (Å²) < 4.78 is 4.55. The molecular weight excluding hydrogens is 268 g/mol. The molecule has 116 valence electrons. The number of aryl methyl sites for hydroxylation is 1. The van der Waals surface area contributed by atoms with Crippen molar-refractivity contribution in [3.63, 3.8) is 0 Å². The van der Waals surface area contributed by atoms with Crippen LogP contribution in [0, 0.1) is 0 Å². The Hall–Kier alpha value is -1.88. The molecule has 1 atom stereocenters. The SMILES string of the molecule is COC(=O)[C@@H](N)CCCCNC(=O)CCc1ccccc1. The molecule has 0 heterocycles. The van der Waals surface area contributed by atoms with Crippen molar-refractivity contribution in [2.75, 3.05) is 13.7 Å². The predicted octanol–water partition coefficient (Wildman–Crippen LogP) is 1.41. The molecule has 0 aliphatic rings. The van der Waals surface area contributed by atoms with Crippen LogP contribution in [0.15, 0.2) is 30.3 Å². The first-order valence-corrected chi connectivity index (χ1v) is 7.27. The Morgan fingerprint density at radius 2 is 1.95 bits per heavy atom. The number of amides is 1. The minimum Gasteiger partial charge on any atom is -0.468 e. The Kier molecular flexibility index (Phi) is 8.12. The van der Waals surface area contributed by atoms with Gasteiger partial charge in [0.15, 0.2) is 0 Å². The van der Waals surface area contributed by atoms with Crippen LogP contribution in [0.25, 0.3) is 0 Å². The molecule has 5 heteroatoms. The molecule has 0 saturated carbocycles. The summed E-state index contributed by atoms with van der Waals surface area (Å²) in [5.74, 6) is -0.335. The van der Waals surface area contributed by atoms with E-state index in [0.717, 1.165) is 24.8 Å². The van der Waals surface area contributed by atoms with Gasteiger partial charge < -0.3 is 15.8 Å². The van der Waals surface area contributed by atoms with Crippen LogP contribution in [0.2, 0.25) is 0 Å². The number of rotatable bonds is 9. The molecule has 5 nitrogen and oxygen atoms in total. The van der Waals surface area contributed by atoms with E-state index in [4.69, 9.17) is 5.73 Å². The average molecular weight is 292 g/mol. The second-order valence-electron chi connectivity index (χ2n) is 4.96. The molecule has 0 aliphatic carbocycles. The molecule has 21 heavy (non-hydrogen) atoms. The maximum Gasteiger partial charge on any atom is 0.322 e. The van der Waals surface area contributed by atoms with Gasteiger partial charge in [0, 0.05) is 13.0 Å². The largest absolute Gasteiger partial charge is 0.468 e. The van der Waals surface area contributed by atoms with Gasteiger partial charge in [-0.3, -0.25) is 9.59 Å². The minimum atomic E-state index is -0.566. The van der Waals surface area contributed by atoms with Gasteiger partial charge >= 0.3 is 5.97 Å². The summed E-state index contributed by atoms with van der Waals surface area (Å²) >= 11 is 0. The second kappa shape index (κ2) is 9.94. The molecule has 0 radical (unpaired) electrons. The fourth-order valence-corrected chi connectivity index (χ4v) is 1.98. The van der Waals surface area contributed by atoms with Crippen molar-refractivity contribution in [1.82, 2.24) is 5.32 Å². The first-order valence-electron chi connectivity index (χ1n) is 7.27. The van der Waals surface area contributed by atoms with Crippen molar-refractivity contribution >= 4 is 11.9 Å². The van der Waals surface area contributed by atoms with E-state index in [1.165, 1.54) is 7.11 Å². The Morgan fingerprint density at radius 3 is 2.62 bits per heavy atom. The van der Waals surface area contributed by atoms with E-state index in [2.05, 4.69) is 10.1 Å². The third kappa shape index (κ3) is 7.46. The van der Waals surface area contributed by atoms with Gasteiger partial charge in [-0.1, -0.05) is 30.3 Å². The maximum absolute atomic E-state index is 11.7. The highest BCUT2D eigenvalue weighted by atomic mass is 16.5. The van der Waals surface area contributed by atoms with Gasteiger partial charge in [-0.15, -0.1) is 0 Å². The normalized spacial score (nSPS) is 11.7. The second-order valence-corrected chi connectivity index (χ2v) is 4.96. The molecule has 0 unspecified atom stereocenters. The summed E-state index contributed by atoms with van der Waals surface area (Å²) in [6.07, 6.45) is 3.41. The highest BCUT2D eigenvalue weighted by molar-refractivity contribution is 5.76. The Labute approximate surface area is 125 Å². The summed E-state index contributed by atoms with van der Waals surface area (Å²) in [6.45, 7) is 0.613. The van der Waals surface area contributed by atoms with Crippen molar-refractivity contribution in [3.05, 3.63) is 35.9 Å². The van der Waals surface area contributed by atoms with Crippen LogP contribution in [0.5, 0.6) is 0 Å². The number of ether oxygens (including phenoxy) is 1. The molecule has 1 aromatic carbocycles. The van der Waals surface area contributed by atoms with E-state index in [1.807, 2.05) is 30.3 Å². The highest BCUT2D eigenvalue weighted by Gasteiger charge is 2.12. The monoisotopic (exact) mass is 292 g/mol. The van der Waals surface area contributed by atoms with E-state index in [-0.39, 0.29) is 11.9 Å². The summed E-state index contributed by atoms with van der Waals surface area (Å²) in [5, 5.41) is 2.87. The number of hydrogen-bond acceptors (Lipinski definition) is 4. The Bertz CT molecular complexity index is 434. The zero-order valence-corrected chi connectivity index (χ0v) is 12.5. The Morgan fingerprint density at radius 1 is 1.24 bits per heavy atom. The highest BCUT2D eigenvalue weighted by Crippen LogP contribution is 2.03. The first kappa shape index (κ1) is 17.2. The van der Waals surface area contributed by atoms with Crippen LogP contribution < -0.4 is 11.1 Å². The van der Waals surface area contributed by atoms with Crippen LogP contribution in [0.4, 0.5) is 0 Å². The fourth-order valence-electron chi connectivity index (χ4n) is 1.98. The molecule has 0 spiro atoms. The topological polar surface area (TPSA) is 81.4 Å². The van der Waals surface area contributed by atoms with Gasteiger partial charge in [0.25, 0.3) is 0 Å². The lowest BCUT2D eigenvalue weighted by atomic mass is 10.1. The summed E-state index contributed by atoms with van der Waals surface area (Å²) in [6, 6.07) is 9.37. The zero-order chi connectivity index (χ0) is 15.5. The van der Waals surface area contributed by atoms with Crippen LogP contribution in [0.3, 0.4) is 0 Å². The molecule has 1 rings (SSSR count). The van der Waals surface area contributed by atoms with E-state index < -0.39 is 6.04 Å². The molecule has 0 aliphatic heterocycles. The number of esters is 1. The summed E-state index contributed by atoms with van der Waals surface area (Å²) in [7, 11) is 1.33. The third-order valence-electron chi connectivity index (χ3n) is 3.25. The van der Waals surface area contributed by atoms with Gasteiger partial charge in [0.2, 0.25) is 5.91 Å². The molecule has 0 bridgehead atoms. The van der Waals surface area contributed by atoms with Crippen molar-refractivity contribution < 1.29 is 14.3 Å². The van der Waals surface area contributed by atoms with Crippen molar-refractivity contribution in [2.45, 2.75) is 38.1 Å². The van der Waals surface area contributed by atoms with Gasteiger partial charge in [-0.2, -0.15) is 0 Å². The molecular formula is C16H24N2O3. The molecule has 1 aromatic rings. The molecule has 0 aromatic heterocycles. The molecule has 3 N–H and O–H groups in total. The van der Waals surface area contributed by atoms with Crippen LogP contribution >= 0.6 is 0 Å². The van der Waals surface area contributed by atoms with E-state index in [1.54, 1.807) is 0 Å². The van der Waals surface area contributed by atoms with Gasteiger partial charge in [0.05, 0.1) is 7.11 Å². The maximum atomic E-state index is 11.7. The lowest BCUT2D eigenvalue weighted by molar-refractivity contribution is -0.142. The third-order valence-corrected chi connectivity index (χ3v) is 3.25. The van der Waals surface area contributed by atoms with Gasteiger partial charge in [-0.25, -0.2) is 0 Å². The van der Waals surface area contributed by atoms with E-state index in [9.17, 15) is 9.59 Å². The van der Waals surface area contributed by atoms with Crippen LogP contribution in [-0.2, 0) is 20.7 Å². The number of benzene rings is 1. The van der Waals surface area contributed by atoms with Crippen molar-refractivity contribution in [2.24, 2.45) is 5.73 Å². The van der Waals surface area contributed by atoms with Gasteiger partial charge in [0.1, 0.15) is 6.04 Å². The lowest BCUT2D eigenvalue weighted by Gasteiger charge is -2.09. The number of nitrogens with one attached hydrogen (secondary N) is 1. The predicted molar refractivity (Wildman–Crippen MR) is 81.6 cm³/mol. The smallest absolute Gasteiger partial charge is 0.322 e. The summed E-state index contributed by atoms with van der Waals surface area (Å²) in [4.78, 5) is 22.7. The lowest BCUT2D eigenvalue weighted by Crippen LogP contribution is -2.31. The zero-order valence-electron chi connectivity index (χ0n) is 12.5. The minimum absolute atomic E-state index is 0.0520. The fraction of sp³-hybridized carbons (Fsp3) is 0.500.